The summed E-state index contributed by atoms with van der Waals surface area (Å²) in [6.45, 7) is 0. The molecule has 4 aromatic carbocycles. The lowest BCUT2D eigenvalue weighted by Gasteiger charge is -2.34. The third kappa shape index (κ3) is 4.93. The summed E-state index contributed by atoms with van der Waals surface area (Å²) < 4.78 is 0. The van der Waals surface area contributed by atoms with Gasteiger partial charge in [-0.1, -0.05) is 133 Å². The lowest BCUT2D eigenvalue weighted by atomic mass is 10.1. The van der Waals surface area contributed by atoms with Gasteiger partial charge in [-0.25, -0.2) is 0 Å². The molecule has 1 fully saturated rings. The Hall–Kier alpha value is -2.04. The van der Waals surface area contributed by atoms with Crippen LogP contribution in [0.5, 0.6) is 0 Å². The van der Waals surface area contributed by atoms with E-state index < -0.39 is 14.0 Å². The minimum Gasteiger partial charge on any atom is -0.0923 e. The number of hydrogen-bond donors (Lipinski definition) is 0. The van der Waals surface area contributed by atoms with Gasteiger partial charge in [-0.15, -0.1) is 0 Å². The third-order valence-corrected chi connectivity index (χ3v) is 15.6. The van der Waals surface area contributed by atoms with Crippen molar-refractivity contribution < 1.29 is 0 Å². The van der Waals surface area contributed by atoms with E-state index in [1.54, 1.807) is 0 Å². The monoisotopic (exact) mass is 484 g/mol. The summed E-state index contributed by atoms with van der Waals surface area (Å²) >= 11 is 6.56. The standard InChI is InChI=1S/C30H30P2S/c33-32(28-20-11-4-12-21-28)23-13-22-29(32)24-30(25-14-5-1-6-15-25)31(26-16-7-2-8-17-26)27-18-9-3-10-19-27/h1-12,14-21,29-30H,13,22-24H2/t29?,30-,32?/m0/s1. The molecule has 0 N–H and O–H groups in total. The summed E-state index contributed by atoms with van der Waals surface area (Å²) in [6.07, 6.45) is 4.92. The average Bonchev–Trinajstić information content (AvgIpc) is 3.27. The minimum atomic E-state index is -1.59. The van der Waals surface area contributed by atoms with E-state index in [0.29, 0.717) is 11.3 Å². The molecular weight excluding hydrogens is 454 g/mol. The van der Waals surface area contributed by atoms with Crippen LogP contribution in [0.2, 0.25) is 0 Å². The molecule has 4 aromatic rings. The van der Waals surface area contributed by atoms with E-state index in [1.807, 2.05) is 0 Å². The first-order chi connectivity index (χ1) is 16.3. The van der Waals surface area contributed by atoms with Crippen molar-refractivity contribution >= 4 is 41.7 Å². The summed E-state index contributed by atoms with van der Waals surface area (Å²) in [5.74, 6) is 0. The molecule has 1 aliphatic heterocycles. The van der Waals surface area contributed by atoms with Crippen LogP contribution >= 0.6 is 14.0 Å². The predicted octanol–water partition coefficient (Wildman–Crippen LogP) is 7.22. The van der Waals surface area contributed by atoms with Gasteiger partial charge in [0.25, 0.3) is 0 Å². The van der Waals surface area contributed by atoms with Crippen LogP contribution in [0.15, 0.2) is 121 Å². The summed E-state index contributed by atoms with van der Waals surface area (Å²) in [4.78, 5) is 0. The largest absolute Gasteiger partial charge is 0.0923 e. The van der Waals surface area contributed by atoms with E-state index in [2.05, 4.69) is 121 Å². The van der Waals surface area contributed by atoms with Gasteiger partial charge in [-0.2, -0.15) is 0 Å². The Kier molecular flexibility index (Phi) is 7.22. The number of benzene rings is 4. The molecule has 0 radical (unpaired) electrons. The SMILES string of the molecule is S=P1(c2ccccc2)CCCC1C[C@@H](c1ccccc1)P(c1ccccc1)c1ccccc1. The Labute approximate surface area is 204 Å². The van der Waals surface area contributed by atoms with Crippen LogP contribution in [0.25, 0.3) is 0 Å². The van der Waals surface area contributed by atoms with Gasteiger partial charge < -0.3 is 0 Å². The molecule has 166 valence electrons. The fraction of sp³-hybridized carbons (Fsp3) is 0.200. The normalized spacial score (nSPS) is 21.2. The van der Waals surface area contributed by atoms with Crippen LogP contribution in [0.4, 0.5) is 0 Å². The zero-order valence-electron chi connectivity index (χ0n) is 18.8. The summed E-state index contributed by atoms with van der Waals surface area (Å²) in [6, 6.07) is 43.1. The van der Waals surface area contributed by atoms with Crippen molar-refractivity contribution in [1.29, 1.82) is 0 Å². The van der Waals surface area contributed by atoms with Crippen LogP contribution in [0.3, 0.4) is 0 Å². The van der Waals surface area contributed by atoms with Crippen LogP contribution in [0, 0.1) is 0 Å². The first kappa shape index (κ1) is 22.7. The van der Waals surface area contributed by atoms with Crippen LogP contribution in [0.1, 0.15) is 30.5 Å². The topological polar surface area (TPSA) is 0 Å². The van der Waals surface area contributed by atoms with Gasteiger partial charge in [0.15, 0.2) is 0 Å². The molecule has 5 rings (SSSR count). The van der Waals surface area contributed by atoms with Crippen molar-refractivity contribution in [2.24, 2.45) is 0 Å². The van der Waals surface area contributed by atoms with E-state index >= 15 is 0 Å². The fourth-order valence-electron chi connectivity index (χ4n) is 5.27. The van der Waals surface area contributed by atoms with Crippen molar-refractivity contribution in [3.05, 3.63) is 127 Å². The molecule has 3 heteroatoms. The Morgan fingerprint density at radius 1 is 0.697 bits per heavy atom. The molecule has 33 heavy (non-hydrogen) atoms. The molecular formula is C30H30P2S. The minimum absolute atomic E-state index is 0.458. The number of hydrogen-bond acceptors (Lipinski definition) is 1. The molecule has 1 aliphatic rings. The highest BCUT2D eigenvalue weighted by atomic mass is 32.4. The summed E-state index contributed by atoms with van der Waals surface area (Å²) in [7, 11) is -0.546. The molecule has 0 spiro atoms. The van der Waals surface area contributed by atoms with Gasteiger partial charge in [-0.05, 0) is 66.5 Å². The quantitative estimate of drug-likeness (QED) is 0.250. The first-order valence-electron chi connectivity index (χ1n) is 11.8. The molecule has 0 saturated carbocycles. The van der Waals surface area contributed by atoms with Gasteiger partial charge >= 0.3 is 0 Å². The second-order valence-corrected chi connectivity index (χ2v) is 16.5. The predicted molar refractivity (Wildman–Crippen MR) is 151 cm³/mol. The number of rotatable bonds is 7. The summed E-state index contributed by atoms with van der Waals surface area (Å²) in [5, 5.41) is 4.36. The van der Waals surface area contributed by atoms with Gasteiger partial charge in [0, 0.05) is 5.66 Å². The van der Waals surface area contributed by atoms with Crippen molar-refractivity contribution in [2.75, 3.05) is 6.16 Å². The Balaban J connectivity index is 1.59. The molecule has 0 bridgehead atoms. The van der Waals surface area contributed by atoms with Crippen molar-refractivity contribution in [1.82, 2.24) is 0 Å². The van der Waals surface area contributed by atoms with Crippen molar-refractivity contribution in [3.8, 4) is 0 Å². The van der Waals surface area contributed by atoms with E-state index in [9.17, 15) is 0 Å². The van der Waals surface area contributed by atoms with Gasteiger partial charge in [0.2, 0.25) is 0 Å². The first-order valence-corrected chi connectivity index (χ1v) is 16.3. The Morgan fingerprint density at radius 2 is 1.18 bits per heavy atom. The lowest BCUT2D eigenvalue weighted by molar-refractivity contribution is 0.700. The van der Waals surface area contributed by atoms with Gasteiger partial charge in [0.1, 0.15) is 0 Å². The van der Waals surface area contributed by atoms with Crippen LogP contribution < -0.4 is 15.9 Å². The van der Waals surface area contributed by atoms with E-state index in [1.165, 1.54) is 46.9 Å². The van der Waals surface area contributed by atoms with Gasteiger partial charge in [-0.3, -0.25) is 0 Å². The zero-order chi connectivity index (χ0) is 22.5. The maximum atomic E-state index is 6.56. The third-order valence-electron chi connectivity index (χ3n) is 6.87. The molecule has 3 atom stereocenters. The second kappa shape index (κ2) is 10.5. The van der Waals surface area contributed by atoms with Crippen LogP contribution in [-0.4, -0.2) is 11.8 Å². The molecule has 1 saturated heterocycles. The van der Waals surface area contributed by atoms with E-state index in [-0.39, 0.29) is 0 Å². The van der Waals surface area contributed by atoms with Crippen LogP contribution in [-0.2, 0) is 11.8 Å². The Bertz CT molecular complexity index is 1150. The molecule has 2 unspecified atom stereocenters. The highest BCUT2D eigenvalue weighted by molar-refractivity contribution is 8.18. The molecule has 0 nitrogen and oxygen atoms in total. The second-order valence-electron chi connectivity index (χ2n) is 8.85. The zero-order valence-corrected chi connectivity index (χ0v) is 21.4. The van der Waals surface area contributed by atoms with E-state index in [4.69, 9.17) is 11.8 Å². The highest BCUT2D eigenvalue weighted by Gasteiger charge is 2.38. The van der Waals surface area contributed by atoms with E-state index in [0.717, 1.165) is 0 Å². The summed E-state index contributed by atoms with van der Waals surface area (Å²) in [5.41, 5.74) is 2.52. The smallest absolute Gasteiger partial charge is 0.0128 e. The maximum Gasteiger partial charge on any atom is 0.0128 e. The molecule has 0 aromatic heterocycles. The average molecular weight is 485 g/mol. The molecule has 1 heterocycles. The molecule has 0 amide bonds. The lowest BCUT2D eigenvalue weighted by Crippen LogP contribution is -2.22. The van der Waals surface area contributed by atoms with Crippen molar-refractivity contribution in [2.45, 2.75) is 30.6 Å². The highest BCUT2D eigenvalue weighted by Crippen LogP contribution is 2.63. The maximum absolute atomic E-state index is 6.56. The van der Waals surface area contributed by atoms with Crippen molar-refractivity contribution in [3.63, 3.8) is 0 Å². The fourth-order valence-corrected chi connectivity index (χ4v) is 13.2. The van der Waals surface area contributed by atoms with Gasteiger partial charge in [0.05, 0.1) is 0 Å². The Morgan fingerprint density at radius 3 is 1.73 bits per heavy atom. The molecule has 0 aliphatic carbocycles.